The van der Waals surface area contributed by atoms with Crippen LogP contribution in [0.5, 0.6) is 0 Å². The van der Waals surface area contributed by atoms with Crippen molar-refractivity contribution in [3.8, 4) is 0 Å². The minimum Gasteiger partial charge on any atom is -0.277 e. The largest absolute Gasteiger partial charge is 0.277 e. The predicted octanol–water partition coefficient (Wildman–Crippen LogP) is 0.945. The van der Waals surface area contributed by atoms with Crippen LogP contribution in [0.15, 0.2) is 6.08 Å². The van der Waals surface area contributed by atoms with E-state index in [-0.39, 0.29) is 35.5 Å². The van der Waals surface area contributed by atoms with E-state index in [2.05, 4.69) is 15.4 Å². The smallest absolute Gasteiger partial charge is 0.234 e. The first kappa shape index (κ1) is 11.8. The van der Waals surface area contributed by atoms with Gasteiger partial charge in [-0.05, 0) is 32.8 Å². The fourth-order valence-electron chi connectivity index (χ4n) is 3.88. The molecule has 6 nitrogen and oxygen atoms in total. The molecule has 2 fully saturated rings. The van der Waals surface area contributed by atoms with Crippen LogP contribution in [-0.4, -0.2) is 37.7 Å². The summed E-state index contributed by atoms with van der Waals surface area (Å²) in [5, 5.41) is 10.9. The highest BCUT2D eigenvalue weighted by Gasteiger charge is 2.66. The van der Waals surface area contributed by atoms with Crippen LogP contribution in [0.25, 0.3) is 6.08 Å². The predicted molar refractivity (Wildman–Crippen MR) is 70.2 cm³/mol. The molecule has 0 bridgehead atoms. The lowest BCUT2D eigenvalue weighted by atomic mass is 9.55. The molecule has 1 N–H and O–H groups in total. The van der Waals surface area contributed by atoms with Crippen LogP contribution in [0.2, 0.25) is 0 Å². The molecule has 2 amide bonds. The Morgan fingerprint density at radius 3 is 2.50 bits per heavy atom. The first-order valence-electron chi connectivity index (χ1n) is 6.88. The third kappa shape index (κ3) is 1.19. The lowest BCUT2D eigenvalue weighted by molar-refractivity contribution is -0.144. The van der Waals surface area contributed by atoms with Gasteiger partial charge in [0.15, 0.2) is 0 Å². The van der Waals surface area contributed by atoms with Crippen molar-refractivity contribution in [3.05, 3.63) is 17.5 Å². The number of allylic oxidation sites excluding steroid dienone is 1. The molecular weight excluding hydrogens is 256 g/mol. The van der Waals surface area contributed by atoms with Crippen molar-refractivity contribution in [1.29, 1.82) is 0 Å². The second-order valence-corrected chi connectivity index (χ2v) is 6.79. The minimum absolute atomic E-state index is 0.00236. The molecule has 1 aliphatic heterocycles. The second-order valence-electron chi connectivity index (χ2n) is 6.79. The summed E-state index contributed by atoms with van der Waals surface area (Å²) < 4.78 is 0. The molecule has 3 aliphatic rings. The molecule has 104 valence electrons. The van der Waals surface area contributed by atoms with E-state index in [9.17, 15) is 9.59 Å². The van der Waals surface area contributed by atoms with E-state index in [0.717, 1.165) is 11.4 Å². The van der Waals surface area contributed by atoms with Crippen LogP contribution in [-0.2, 0) is 9.59 Å². The number of fused-ring (bicyclic) bond motifs is 6. The Kier molecular flexibility index (Phi) is 1.99. The van der Waals surface area contributed by atoms with Gasteiger partial charge in [0.1, 0.15) is 5.69 Å². The molecule has 0 unspecified atom stereocenters. The summed E-state index contributed by atoms with van der Waals surface area (Å²) in [6, 6.07) is 0. The molecule has 4 atom stereocenters. The Balaban J connectivity index is 1.78. The maximum Gasteiger partial charge on any atom is 0.234 e. The lowest BCUT2D eigenvalue weighted by Crippen LogP contribution is -2.47. The summed E-state index contributed by atoms with van der Waals surface area (Å²) in [7, 11) is 0. The van der Waals surface area contributed by atoms with Crippen molar-refractivity contribution >= 4 is 17.9 Å². The number of nitrogens with zero attached hydrogens (tertiary/aromatic N) is 3. The number of rotatable bonds is 0. The highest BCUT2D eigenvalue weighted by molar-refractivity contribution is 6.08. The van der Waals surface area contributed by atoms with Crippen LogP contribution in [0.3, 0.4) is 0 Å². The summed E-state index contributed by atoms with van der Waals surface area (Å²) >= 11 is 0. The summed E-state index contributed by atoms with van der Waals surface area (Å²) in [4.78, 5) is 26.6. The number of nitrogens with one attached hydrogen (secondary N) is 1. The molecule has 2 heterocycles. The van der Waals surface area contributed by atoms with E-state index in [4.69, 9.17) is 0 Å². The van der Waals surface area contributed by atoms with E-state index >= 15 is 0 Å². The van der Waals surface area contributed by atoms with Crippen LogP contribution < -0.4 is 0 Å². The van der Waals surface area contributed by atoms with Gasteiger partial charge in [0.25, 0.3) is 0 Å². The van der Waals surface area contributed by atoms with Crippen LogP contribution in [0, 0.1) is 17.8 Å². The SMILES string of the molecule is CC(C)(C)N1C(=O)[C@H]2[C@@H]3C=Cc4n[nH]nc4[C@@H]3[C@H]2C1=O. The zero-order chi connectivity index (χ0) is 14.2. The van der Waals surface area contributed by atoms with Gasteiger partial charge in [0.05, 0.1) is 17.5 Å². The van der Waals surface area contributed by atoms with Crippen molar-refractivity contribution in [2.24, 2.45) is 17.8 Å². The zero-order valence-electron chi connectivity index (χ0n) is 11.6. The first-order chi connectivity index (χ1) is 9.41. The summed E-state index contributed by atoms with van der Waals surface area (Å²) in [5.41, 5.74) is 1.15. The lowest BCUT2D eigenvalue weighted by Gasteiger charge is -2.44. The van der Waals surface area contributed by atoms with Crippen molar-refractivity contribution in [3.63, 3.8) is 0 Å². The van der Waals surface area contributed by atoms with Crippen LogP contribution >= 0.6 is 0 Å². The van der Waals surface area contributed by atoms with E-state index in [0.29, 0.717) is 0 Å². The number of aromatic amines is 1. The molecule has 4 rings (SSSR count). The third-order valence-corrected chi connectivity index (χ3v) is 4.68. The Labute approximate surface area is 116 Å². The molecule has 1 aromatic heterocycles. The van der Waals surface area contributed by atoms with Gasteiger partial charge in [-0.15, -0.1) is 0 Å². The van der Waals surface area contributed by atoms with Gasteiger partial charge in [-0.2, -0.15) is 15.4 Å². The molecular formula is C14H16N4O2. The molecule has 1 saturated carbocycles. The number of imide groups is 1. The van der Waals surface area contributed by atoms with E-state index in [1.54, 1.807) is 0 Å². The summed E-state index contributed by atoms with van der Waals surface area (Å²) in [6.45, 7) is 5.69. The number of amides is 2. The Morgan fingerprint density at radius 1 is 1.10 bits per heavy atom. The molecule has 6 heteroatoms. The first-order valence-corrected chi connectivity index (χ1v) is 6.88. The van der Waals surface area contributed by atoms with Gasteiger partial charge in [-0.25, -0.2) is 0 Å². The third-order valence-electron chi connectivity index (χ3n) is 4.68. The maximum absolute atomic E-state index is 12.6. The number of aromatic nitrogens is 3. The number of carbonyl (C=O) groups excluding carboxylic acids is 2. The number of likely N-dealkylation sites (tertiary alicyclic amines) is 1. The Hall–Kier alpha value is -1.98. The van der Waals surface area contributed by atoms with Crippen molar-refractivity contribution in [2.45, 2.75) is 32.2 Å². The van der Waals surface area contributed by atoms with Crippen molar-refractivity contribution in [1.82, 2.24) is 20.3 Å². The molecule has 2 aliphatic carbocycles. The topological polar surface area (TPSA) is 79.0 Å². The quantitative estimate of drug-likeness (QED) is 0.713. The summed E-state index contributed by atoms with van der Waals surface area (Å²) in [6.07, 6.45) is 3.90. The van der Waals surface area contributed by atoms with Gasteiger partial charge in [-0.1, -0.05) is 6.08 Å². The maximum atomic E-state index is 12.6. The zero-order valence-corrected chi connectivity index (χ0v) is 11.6. The van der Waals surface area contributed by atoms with Gasteiger partial charge in [0.2, 0.25) is 11.8 Å². The number of hydrogen-bond donors (Lipinski definition) is 1. The average Bonchev–Trinajstić information content (AvgIpc) is 2.81. The minimum atomic E-state index is -0.467. The standard InChI is InChI=1S/C14H16N4O2/c1-14(2,3)18-12(19)9-6-4-5-7-11(16-17-15-7)8(6)10(9)13(18)20/h4-6,8-10H,1-3H3,(H,15,16,17)/t6-,8+,9+,10-/m1/s1. The van der Waals surface area contributed by atoms with Crippen molar-refractivity contribution < 1.29 is 9.59 Å². The van der Waals surface area contributed by atoms with Crippen LogP contribution in [0.4, 0.5) is 0 Å². The van der Waals surface area contributed by atoms with Gasteiger partial charge >= 0.3 is 0 Å². The number of H-pyrrole nitrogens is 1. The molecule has 0 spiro atoms. The van der Waals surface area contributed by atoms with E-state index in [1.165, 1.54) is 4.90 Å². The average molecular weight is 272 g/mol. The molecule has 1 aromatic rings. The summed E-state index contributed by atoms with van der Waals surface area (Å²) in [5.74, 6) is -0.486. The highest BCUT2D eigenvalue weighted by Crippen LogP contribution is 2.59. The molecule has 20 heavy (non-hydrogen) atoms. The van der Waals surface area contributed by atoms with E-state index in [1.807, 2.05) is 32.9 Å². The van der Waals surface area contributed by atoms with E-state index < -0.39 is 5.54 Å². The molecule has 1 saturated heterocycles. The fourth-order valence-corrected chi connectivity index (χ4v) is 3.88. The second kappa shape index (κ2) is 3.37. The normalized spacial score (nSPS) is 34.6. The van der Waals surface area contributed by atoms with Gasteiger partial charge < -0.3 is 0 Å². The van der Waals surface area contributed by atoms with Gasteiger partial charge in [0, 0.05) is 11.5 Å². The van der Waals surface area contributed by atoms with Crippen molar-refractivity contribution in [2.75, 3.05) is 0 Å². The fraction of sp³-hybridized carbons (Fsp3) is 0.571. The molecule has 0 radical (unpaired) electrons. The Bertz CT molecular complexity index is 654. The number of hydrogen-bond acceptors (Lipinski definition) is 4. The number of carbonyl (C=O) groups is 2. The van der Waals surface area contributed by atoms with Crippen LogP contribution in [0.1, 0.15) is 38.1 Å². The Morgan fingerprint density at radius 2 is 1.80 bits per heavy atom. The highest BCUT2D eigenvalue weighted by atomic mass is 16.2. The molecule has 0 aromatic carbocycles. The monoisotopic (exact) mass is 272 g/mol. The van der Waals surface area contributed by atoms with Gasteiger partial charge in [-0.3, -0.25) is 14.5 Å².